The van der Waals surface area contributed by atoms with E-state index < -0.39 is 28.8 Å². The lowest BCUT2D eigenvalue weighted by atomic mass is 9.94. The second kappa shape index (κ2) is 8.04. The third-order valence-electron chi connectivity index (χ3n) is 3.87. The zero-order chi connectivity index (χ0) is 19.4. The Morgan fingerprint density at radius 1 is 0.885 bits per heavy atom. The molecule has 0 saturated carbocycles. The lowest BCUT2D eigenvalue weighted by molar-refractivity contribution is 0.505. The summed E-state index contributed by atoms with van der Waals surface area (Å²) in [6, 6.07) is 9.81. The van der Waals surface area contributed by atoms with Gasteiger partial charge in [-0.2, -0.15) is 0 Å². The zero-order valence-corrected chi connectivity index (χ0v) is 14.8. The Bertz CT molecular complexity index is 859. The van der Waals surface area contributed by atoms with Crippen molar-refractivity contribution in [2.45, 2.75) is 13.8 Å². The van der Waals surface area contributed by atoms with Crippen LogP contribution in [0.5, 0.6) is 0 Å². The average Bonchev–Trinajstić information content (AvgIpc) is 2.63. The maximum absolute atomic E-state index is 14.3. The SMILES string of the molecule is C=C1C(F)=CC(c2ccccc2)=C(c2c(F)cc(F)cc2F)N1C.CC. The van der Waals surface area contributed by atoms with E-state index in [0.29, 0.717) is 17.7 Å². The van der Waals surface area contributed by atoms with Crippen LogP contribution in [-0.2, 0) is 0 Å². The first-order valence-corrected chi connectivity index (χ1v) is 8.15. The number of rotatable bonds is 2. The molecule has 0 saturated heterocycles. The fourth-order valence-corrected chi connectivity index (χ4v) is 2.66. The van der Waals surface area contributed by atoms with Crippen LogP contribution in [0, 0.1) is 17.5 Å². The lowest BCUT2D eigenvalue weighted by Gasteiger charge is -2.30. The summed E-state index contributed by atoms with van der Waals surface area (Å²) >= 11 is 0. The fourth-order valence-electron chi connectivity index (χ4n) is 2.66. The van der Waals surface area contributed by atoms with Gasteiger partial charge in [0.15, 0.2) is 0 Å². The molecule has 136 valence electrons. The molecule has 0 amide bonds. The molecule has 1 nitrogen and oxygen atoms in total. The van der Waals surface area contributed by atoms with E-state index >= 15 is 0 Å². The van der Waals surface area contributed by atoms with E-state index in [1.807, 2.05) is 13.8 Å². The topological polar surface area (TPSA) is 3.24 Å². The Morgan fingerprint density at radius 2 is 1.42 bits per heavy atom. The minimum atomic E-state index is -1.06. The molecule has 0 unspecified atom stereocenters. The van der Waals surface area contributed by atoms with Gasteiger partial charge < -0.3 is 4.90 Å². The first kappa shape index (κ1) is 19.5. The van der Waals surface area contributed by atoms with E-state index in [0.717, 1.165) is 0 Å². The molecule has 2 aromatic rings. The van der Waals surface area contributed by atoms with Crippen molar-refractivity contribution in [2.75, 3.05) is 7.05 Å². The van der Waals surface area contributed by atoms with Crippen molar-refractivity contribution in [3.8, 4) is 0 Å². The minimum Gasteiger partial charge on any atom is -0.342 e. The second-order valence-corrected chi connectivity index (χ2v) is 5.37. The number of hydrogen-bond acceptors (Lipinski definition) is 1. The molecule has 0 aromatic heterocycles. The Kier molecular flexibility index (Phi) is 6.03. The van der Waals surface area contributed by atoms with Gasteiger partial charge in [-0.1, -0.05) is 50.8 Å². The van der Waals surface area contributed by atoms with Crippen molar-refractivity contribution in [1.29, 1.82) is 0 Å². The molecular formula is C21H19F4N. The number of halogens is 4. The van der Waals surface area contributed by atoms with Crippen molar-refractivity contribution in [1.82, 2.24) is 4.90 Å². The zero-order valence-electron chi connectivity index (χ0n) is 14.8. The standard InChI is InChI=1S/C19H13F4N.C2H6/c1-11-15(21)10-14(12-6-4-3-5-7-12)19(24(11)2)18-16(22)8-13(20)9-17(18)23;1-2/h3-10H,1H2,2H3;1-2H3. The Balaban J connectivity index is 0.00000117. The molecule has 0 fully saturated rings. The van der Waals surface area contributed by atoms with Gasteiger partial charge in [0.1, 0.15) is 23.3 Å². The van der Waals surface area contributed by atoms with Gasteiger partial charge in [-0.25, -0.2) is 17.6 Å². The second-order valence-electron chi connectivity index (χ2n) is 5.37. The normalized spacial score (nSPS) is 14.0. The highest BCUT2D eigenvalue weighted by Crippen LogP contribution is 2.40. The van der Waals surface area contributed by atoms with E-state index in [1.165, 1.54) is 18.0 Å². The lowest BCUT2D eigenvalue weighted by Crippen LogP contribution is -2.22. The van der Waals surface area contributed by atoms with Gasteiger partial charge in [-0.05, 0) is 11.6 Å². The van der Waals surface area contributed by atoms with E-state index in [2.05, 4.69) is 6.58 Å². The van der Waals surface area contributed by atoms with Crippen LogP contribution in [0.1, 0.15) is 25.0 Å². The summed E-state index contributed by atoms with van der Waals surface area (Å²) < 4.78 is 56.0. The molecular weight excluding hydrogens is 342 g/mol. The summed E-state index contributed by atoms with van der Waals surface area (Å²) in [7, 11) is 1.45. The first-order valence-electron chi connectivity index (χ1n) is 8.15. The predicted molar refractivity (Wildman–Crippen MR) is 97.0 cm³/mol. The van der Waals surface area contributed by atoms with Gasteiger partial charge in [-0.3, -0.25) is 0 Å². The van der Waals surface area contributed by atoms with Crippen LogP contribution in [-0.4, -0.2) is 11.9 Å². The smallest absolute Gasteiger partial charge is 0.146 e. The third kappa shape index (κ3) is 3.57. The van der Waals surface area contributed by atoms with Crippen LogP contribution in [0.15, 0.2) is 66.6 Å². The highest BCUT2D eigenvalue weighted by atomic mass is 19.1. The molecule has 1 aliphatic rings. The number of nitrogens with zero attached hydrogens (tertiary/aromatic N) is 1. The summed E-state index contributed by atoms with van der Waals surface area (Å²) in [5.41, 5.74) is 0.482. The highest BCUT2D eigenvalue weighted by Gasteiger charge is 2.28. The summed E-state index contributed by atoms with van der Waals surface area (Å²) in [6.07, 6.45) is 1.18. The molecule has 0 aliphatic carbocycles. The molecule has 0 bridgehead atoms. The minimum absolute atomic E-state index is 0.0344. The monoisotopic (exact) mass is 361 g/mol. The molecule has 1 heterocycles. The van der Waals surface area contributed by atoms with Crippen LogP contribution in [0.3, 0.4) is 0 Å². The Hall–Kier alpha value is -2.82. The van der Waals surface area contributed by atoms with Gasteiger partial charge >= 0.3 is 0 Å². The quantitative estimate of drug-likeness (QED) is 0.567. The predicted octanol–water partition coefficient (Wildman–Crippen LogP) is 6.31. The Labute approximate surface area is 150 Å². The number of allylic oxidation sites excluding steroid dienone is 3. The Morgan fingerprint density at radius 3 is 1.96 bits per heavy atom. The van der Waals surface area contributed by atoms with Gasteiger partial charge in [0.25, 0.3) is 0 Å². The molecule has 0 N–H and O–H groups in total. The van der Waals surface area contributed by atoms with Crippen molar-refractivity contribution >= 4 is 11.3 Å². The van der Waals surface area contributed by atoms with Crippen molar-refractivity contribution in [3.63, 3.8) is 0 Å². The van der Waals surface area contributed by atoms with Crippen LogP contribution >= 0.6 is 0 Å². The molecule has 5 heteroatoms. The molecule has 0 spiro atoms. The van der Waals surface area contributed by atoms with Crippen LogP contribution in [0.4, 0.5) is 17.6 Å². The van der Waals surface area contributed by atoms with Crippen molar-refractivity contribution in [2.24, 2.45) is 0 Å². The molecule has 26 heavy (non-hydrogen) atoms. The van der Waals surface area contributed by atoms with Crippen molar-refractivity contribution < 1.29 is 17.6 Å². The molecule has 0 radical (unpaired) electrons. The van der Waals surface area contributed by atoms with Crippen LogP contribution in [0.25, 0.3) is 11.3 Å². The highest BCUT2D eigenvalue weighted by molar-refractivity contribution is 5.97. The number of likely N-dealkylation sites (N-methyl/N-ethyl adjacent to an activating group) is 1. The maximum Gasteiger partial charge on any atom is 0.146 e. The summed E-state index contributed by atoms with van der Waals surface area (Å²) in [6.45, 7) is 7.59. The van der Waals surface area contributed by atoms with E-state index in [-0.39, 0.29) is 17.0 Å². The van der Waals surface area contributed by atoms with E-state index in [1.54, 1.807) is 30.3 Å². The number of hydrogen-bond donors (Lipinski definition) is 0. The van der Waals surface area contributed by atoms with E-state index in [4.69, 9.17) is 0 Å². The fraction of sp³-hybridized carbons (Fsp3) is 0.143. The first-order chi connectivity index (χ1) is 12.4. The van der Waals surface area contributed by atoms with Crippen LogP contribution in [0.2, 0.25) is 0 Å². The van der Waals surface area contributed by atoms with Gasteiger partial charge in [0.05, 0.1) is 17.0 Å². The van der Waals surface area contributed by atoms with Gasteiger partial charge in [0, 0.05) is 24.8 Å². The molecule has 1 aliphatic heterocycles. The average molecular weight is 361 g/mol. The third-order valence-corrected chi connectivity index (χ3v) is 3.87. The van der Waals surface area contributed by atoms with Gasteiger partial charge in [-0.15, -0.1) is 0 Å². The van der Waals surface area contributed by atoms with Crippen LogP contribution < -0.4 is 0 Å². The summed E-state index contributed by atoms with van der Waals surface area (Å²) in [5.74, 6) is -3.75. The number of benzene rings is 2. The van der Waals surface area contributed by atoms with E-state index in [9.17, 15) is 17.6 Å². The summed E-state index contributed by atoms with van der Waals surface area (Å²) in [5, 5.41) is 0. The summed E-state index contributed by atoms with van der Waals surface area (Å²) in [4.78, 5) is 1.26. The largest absolute Gasteiger partial charge is 0.342 e. The molecule has 2 aromatic carbocycles. The maximum atomic E-state index is 14.3. The molecule has 3 rings (SSSR count). The van der Waals surface area contributed by atoms with Crippen molar-refractivity contribution in [3.05, 3.63) is 95.2 Å². The molecule has 0 atom stereocenters. The van der Waals surface area contributed by atoms with Gasteiger partial charge in [0.2, 0.25) is 0 Å².